The Morgan fingerprint density at radius 2 is 1.97 bits per heavy atom. The van der Waals surface area contributed by atoms with Crippen LogP contribution in [0.15, 0.2) is 57.8 Å². The highest BCUT2D eigenvalue weighted by atomic mass is 32.2. The van der Waals surface area contributed by atoms with Crippen LogP contribution in [-0.2, 0) is 6.54 Å². The summed E-state index contributed by atoms with van der Waals surface area (Å²) < 4.78 is 1.66. The molecule has 0 aliphatic carbocycles. The summed E-state index contributed by atoms with van der Waals surface area (Å²) in [6.45, 7) is 8.95. The first-order chi connectivity index (χ1) is 14.6. The first-order valence-electron chi connectivity index (χ1n) is 9.81. The SMILES string of the molecule is CCN(CC)Cc1cnc2ccc(Sc3nnc4ccc(/C(C)=N/O)nn34)cc2c1. The van der Waals surface area contributed by atoms with Gasteiger partial charge in [0.05, 0.1) is 5.52 Å². The third-order valence-corrected chi connectivity index (χ3v) is 5.90. The Labute approximate surface area is 178 Å². The second kappa shape index (κ2) is 8.76. The number of pyridine rings is 1. The van der Waals surface area contributed by atoms with E-state index in [9.17, 15) is 0 Å². The van der Waals surface area contributed by atoms with Crippen molar-refractivity contribution in [2.75, 3.05) is 13.1 Å². The van der Waals surface area contributed by atoms with Crippen LogP contribution in [0, 0.1) is 0 Å². The zero-order valence-corrected chi connectivity index (χ0v) is 18.0. The van der Waals surface area contributed by atoms with Gasteiger partial charge < -0.3 is 5.21 Å². The Hall–Kier alpha value is -3.04. The fourth-order valence-corrected chi connectivity index (χ4v) is 4.03. The minimum absolute atomic E-state index is 0.430. The van der Waals surface area contributed by atoms with Gasteiger partial charge in [0.2, 0.25) is 5.16 Å². The topological polar surface area (TPSA) is 91.8 Å². The molecule has 154 valence electrons. The van der Waals surface area contributed by atoms with E-state index in [1.54, 1.807) is 23.6 Å². The number of hydrogen-bond donors (Lipinski definition) is 1. The van der Waals surface area contributed by atoms with Gasteiger partial charge in [0.15, 0.2) is 5.65 Å². The molecule has 9 heteroatoms. The molecule has 0 aliphatic heterocycles. The molecular formula is C21H23N7OS. The van der Waals surface area contributed by atoms with Crippen molar-refractivity contribution in [2.24, 2.45) is 5.16 Å². The molecule has 0 amide bonds. The number of fused-ring (bicyclic) bond motifs is 2. The highest BCUT2D eigenvalue weighted by molar-refractivity contribution is 7.99. The maximum atomic E-state index is 9.02. The van der Waals surface area contributed by atoms with E-state index in [1.165, 1.54) is 17.3 Å². The number of benzene rings is 1. The van der Waals surface area contributed by atoms with Gasteiger partial charge in [0, 0.05) is 23.0 Å². The van der Waals surface area contributed by atoms with Gasteiger partial charge in [0.1, 0.15) is 11.4 Å². The minimum atomic E-state index is 0.430. The Kier molecular flexibility index (Phi) is 5.91. The summed E-state index contributed by atoms with van der Waals surface area (Å²) in [5.74, 6) is 0. The summed E-state index contributed by atoms with van der Waals surface area (Å²) in [7, 11) is 0. The molecule has 0 spiro atoms. The van der Waals surface area contributed by atoms with Crippen LogP contribution in [0.1, 0.15) is 32.0 Å². The number of nitrogens with zero attached hydrogens (tertiary/aromatic N) is 7. The van der Waals surface area contributed by atoms with E-state index in [-0.39, 0.29) is 0 Å². The van der Waals surface area contributed by atoms with E-state index in [0.29, 0.717) is 22.2 Å². The van der Waals surface area contributed by atoms with Crippen LogP contribution in [-0.4, -0.2) is 53.7 Å². The molecule has 1 N–H and O–H groups in total. The lowest BCUT2D eigenvalue weighted by atomic mass is 10.1. The predicted molar refractivity (Wildman–Crippen MR) is 117 cm³/mol. The average Bonchev–Trinajstić information content (AvgIpc) is 3.18. The second-order valence-electron chi connectivity index (χ2n) is 6.92. The Balaban J connectivity index is 1.65. The predicted octanol–water partition coefficient (Wildman–Crippen LogP) is 3.86. The van der Waals surface area contributed by atoms with Crippen molar-refractivity contribution in [1.82, 2.24) is 29.7 Å². The maximum Gasteiger partial charge on any atom is 0.217 e. The van der Waals surface area contributed by atoms with Gasteiger partial charge in [-0.3, -0.25) is 9.88 Å². The standard InChI is InChI=1S/C21H23N7OS/c1-4-27(5-2)13-15-10-16-11-17(6-7-19(16)22-12-15)30-21-24-23-20-9-8-18(14(3)26-29)25-28(20)21/h6-12,29H,4-5,13H2,1-3H3/b26-14+. The minimum Gasteiger partial charge on any atom is -0.411 e. The number of rotatable bonds is 7. The fourth-order valence-electron chi connectivity index (χ4n) is 3.19. The van der Waals surface area contributed by atoms with Gasteiger partial charge in [-0.1, -0.05) is 19.0 Å². The van der Waals surface area contributed by atoms with Crippen LogP contribution in [0.5, 0.6) is 0 Å². The molecular weight excluding hydrogens is 398 g/mol. The Morgan fingerprint density at radius 3 is 2.73 bits per heavy atom. The maximum absolute atomic E-state index is 9.02. The molecule has 0 aliphatic rings. The van der Waals surface area contributed by atoms with Crippen molar-refractivity contribution >= 4 is 34.0 Å². The highest BCUT2D eigenvalue weighted by Crippen LogP contribution is 2.29. The van der Waals surface area contributed by atoms with Crippen molar-refractivity contribution in [2.45, 2.75) is 37.4 Å². The normalized spacial score (nSPS) is 12.3. The number of oxime groups is 1. The number of aromatic nitrogens is 5. The molecule has 3 heterocycles. The summed E-state index contributed by atoms with van der Waals surface area (Å²) >= 11 is 1.48. The van der Waals surface area contributed by atoms with E-state index in [2.05, 4.69) is 56.3 Å². The van der Waals surface area contributed by atoms with Crippen molar-refractivity contribution < 1.29 is 5.21 Å². The highest BCUT2D eigenvalue weighted by Gasteiger charge is 2.12. The average molecular weight is 422 g/mol. The third kappa shape index (κ3) is 4.12. The van der Waals surface area contributed by atoms with Gasteiger partial charge in [-0.2, -0.15) is 9.61 Å². The molecule has 0 fully saturated rings. The fraction of sp³-hybridized carbons (Fsp3) is 0.286. The molecule has 0 saturated carbocycles. The summed E-state index contributed by atoms with van der Waals surface area (Å²) in [4.78, 5) is 8.01. The van der Waals surface area contributed by atoms with Crippen LogP contribution < -0.4 is 0 Å². The molecule has 30 heavy (non-hydrogen) atoms. The molecule has 4 aromatic rings. The second-order valence-corrected chi connectivity index (χ2v) is 7.96. The molecule has 3 aromatic heterocycles. The molecule has 0 unspecified atom stereocenters. The van der Waals surface area contributed by atoms with E-state index in [0.717, 1.165) is 35.4 Å². The van der Waals surface area contributed by atoms with Crippen molar-refractivity contribution in [3.63, 3.8) is 0 Å². The molecule has 1 aromatic carbocycles. The van der Waals surface area contributed by atoms with E-state index < -0.39 is 0 Å². The largest absolute Gasteiger partial charge is 0.411 e. The molecule has 0 saturated heterocycles. The smallest absolute Gasteiger partial charge is 0.217 e. The summed E-state index contributed by atoms with van der Waals surface area (Å²) in [6, 6.07) is 11.9. The Bertz CT molecular complexity index is 1220. The van der Waals surface area contributed by atoms with Crippen LogP contribution in [0.4, 0.5) is 0 Å². The van der Waals surface area contributed by atoms with Crippen LogP contribution >= 0.6 is 11.8 Å². The monoisotopic (exact) mass is 421 g/mol. The number of hydrogen-bond acceptors (Lipinski definition) is 8. The lowest BCUT2D eigenvalue weighted by Crippen LogP contribution is -2.22. The van der Waals surface area contributed by atoms with Crippen molar-refractivity contribution in [1.29, 1.82) is 0 Å². The van der Waals surface area contributed by atoms with Crippen LogP contribution in [0.3, 0.4) is 0 Å². The third-order valence-electron chi connectivity index (χ3n) is 4.97. The van der Waals surface area contributed by atoms with Crippen molar-refractivity contribution in [3.8, 4) is 0 Å². The summed E-state index contributed by atoms with van der Waals surface area (Å²) in [6.07, 6.45) is 1.95. The van der Waals surface area contributed by atoms with Crippen molar-refractivity contribution in [3.05, 3.63) is 53.9 Å². The van der Waals surface area contributed by atoms with Gasteiger partial charge in [0.25, 0.3) is 0 Å². The van der Waals surface area contributed by atoms with Gasteiger partial charge in [-0.15, -0.1) is 10.2 Å². The molecule has 8 nitrogen and oxygen atoms in total. The quantitative estimate of drug-likeness (QED) is 0.275. The van der Waals surface area contributed by atoms with E-state index in [4.69, 9.17) is 5.21 Å². The molecule has 0 bridgehead atoms. The molecule has 0 atom stereocenters. The van der Waals surface area contributed by atoms with Gasteiger partial charge in [-0.25, -0.2) is 0 Å². The lowest BCUT2D eigenvalue weighted by Gasteiger charge is -2.17. The zero-order chi connectivity index (χ0) is 21.1. The Morgan fingerprint density at radius 1 is 1.13 bits per heavy atom. The lowest BCUT2D eigenvalue weighted by molar-refractivity contribution is 0.295. The summed E-state index contributed by atoms with van der Waals surface area (Å²) in [5, 5.41) is 26.9. The van der Waals surface area contributed by atoms with E-state index in [1.807, 2.05) is 18.3 Å². The molecule has 4 rings (SSSR count). The van der Waals surface area contributed by atoms with Gasteiger partial charge >= 0.3 is 0 Å². The van der Waals surface area contributed by atoms with Crippen LogP contribution in [0.25, 0.3) is 16.6 Å². The summed E-state index contributed by atoms with van der Waals surface area (Å²) in [5.41, 5.74) is 3.79. The van der Waals surface area contributed by atoms with Crippen LogP contribution in [0.2, 0.25) is 0 Å². The first-order valence-corrected chi connectivity index (χ1v) is 10.6. The zero-order valence-electron chi connectivity index (χ0n) is 17.1. The molecule has 0 radical (unpaired) electrons. The van der Waals surface area contributed by atoms with E-state index >= 15 is 0 Å². The first kappa shape index (κ1) is 20.2. The van der Waals surface area contributed by atoms with Gasteiger partial charge in [-0.05, 0) is 73.7 Å².